The van der Waals surface area contributed by atoms with Gasteiger partial charge in [0.1, 0.15) is 11.3 Å². The quantitative estimate of drug-likeness (QED) is 0.424. The Kier molecular flexibility index (Phi) is 5.12. The fraction of sp³-hybridized carbons (Fsp3) is 0.0625. The maximum atomic E-state index is 13.5. The Morgan fingerprint density at radius 3 is 2.96 bits per heavy atom. The van der Waals surface area contributed by atoms with Crippen molar-refractivity contribution in [3.63, 3.8) is 0 Å². The molecule has 2 aromatic carbocycles. The van der Waals surface area contributed by atoms with Crippen molar-refractivity contribution < 1.29 is 13.6 Å². The van der Waals surface area contributed by atoms with Crippen molar-refractivity contribution in [2.45, 2.75) is 5.22 Å². The second-order valence-corrected chi connectivity index (χ2v) is 6.00. The zero-order chi connectivity index (χ0) is 16.9. The number of carbonyl (C=O) groups is 1. The van der Waals surface area contributed by atoms with Crippen LogP contribution in [-0.2, 0) is 4.79 Å². The number of thioether (sulfide) groups is 1. The number of oxazole rings is 1. The van der Waals surface area contributed by atoms with Gasteiger partial charge in [-0.05, 0) is 24.3 Å². The zero-order valence-electron chi connectivity index (χ0n) is 12.2. The molecule has 0 radical (unpaired) electrons. The number of hydrogen-bond donors (Lipinski definition) is 1. The van der Waals surface area contributed by atoms with Crippen LogP contribution in [0, 0.1) is 5.82 Å². The third-order valence-corrected chi connectivity index (χ3v) is 4.14. The van der Waals surface area contributed by atoms with Gasteiger partial charge in [0, 0.05) is 5.56 Å². The topological polar surface area (TPSA) is 67.5 Å². The molecule has 3 aromatic rings. The molecule has 0 bridgehead atoms. The molecule has 0 saturated heterocycles. The molecule has 3 rings (SSSR count). The van der Waals surface area contributed by atoms with Crippen molar-refractivity contribution in [2.24, 2.45) is 5.10 Å². The van der Waals surface area contributed by atoms with Gasteiger partial charge in [-0.25, -0.2) is 14.8 Å². The summed E-state index contributed by atoms with van der Waals surface area (Å²) in [6, 6.07) is 11.6. The lowest BCUT2D eigenvalue weighted by molar-refractivity contribution is -0.118. The Labute approximate surface area is 145 Å². The predicted molar refractivity (Wildman–Crippen MR) is 91.9 cm³/mol. The lowest BCUT2D eigenvalue weighted by Crippen LogP contribution is -2.19. The van der Waals surface area contributed by atoms with Gasteiger partial charge in [-0.1, -0.05) is 41.6 Å². The normalized spacial score (nSPS) is 11.2. The summed E-state index contributed by atoms with van der Waals surface area (Å²) in [5, 5.41) is 4.32. The average molecular weight is 364 g/mol. The molecule has 1 heterocycles. The number of benzene rings is 2. The Hall–Kier alpha value is -2.38. The van der Waals surface area contributed by atoms with Crippen LogP contribution in [0.5, 0.6) is 0 Å². The van der Waals surface area contributed by atoms with Crippen molar-refractivity contribution >= 4 is 46.6 Å². The first-order valence-corrected chi connectivity index (χ1v) is 8.24. The van der Waals surface area contributed by atoms with E-state index in [1.165, 1.54) is 24.4 Å². The predicted octanol–water partition coefficient (Wildman–Crippen LogP) is 3.86. The van der Waals surface area contributed by atoms with Crippen LogP contribution in [0.25, 0.3) is 11.1 Å². The van der Waals surface area contributed by atoms with E-state index < -0.39 is 5.82 Å². The van der Waals surface area contributed by atoms with E-state index in [1.807, 2.05) is 18.2 Å². The molecule has 0 unspecified atom stereocenters. The van der Waals surface area contributed by atoms with Crippen LogP contribution < -0.4 is 5.43 Å². The molecule has 0 saturated carbocycles. The van der Waals surface area contributed by atoms with E-state index in [-0.39, 0.29) is 22.2 Å². The summed E-state index contributed by atoms with van der Waals surface area (Å²) >= 11 is 7.00. The van der Waals surface area contributed by atoms with E-state index in [0.717, 1.165) is 17.3 Å². The second kappa shape index (κ2) is 7.46. The van der Waals surface area contributed by atoms with Gasteiger partial charge in [0.15, 0.2) is 5.58 Å². The lowest BCUT2D eigenvalue weighted by atomic mass is 10.2. The fourth-order valence-electron chi connectivity index (χ4n) is 1.88. The van der Waals surface area contributed by atoms with E-state index in [0.29, 0.717) is 10.8 Å². The van der Waals surface area contributed by atoms with Crippen LogP contribution in [0.3, 0.4) is 0 Å². The number of nitrogens with one attached hydrogen (secondary N) is 1. The second-order valence-electron chi connectivity index (χ2n) is 4.66. The summed E-state index contributed by atoms with van der Waals surface area (Å²) in [5.74, 6) is -0.817. The van der Waals surface area contributed by atoms with E-state index in [4.69, 9.17) is 16.0 Å². The molecule has 24 heavy (non-hydrogen) atoms. The summed E-state index contributed by atoms with van der Waals surface area (Å²) in [6.45, 7) is 0. The maximum Gasteiger partial charge on any atom is 0.257 e. The van der Waals surface area contributed by atoms with E-state index in [1.54, 1.807) is 6.07 Å². The van der Waals surface area contributed by atoms with Gasteiger partial charge < -0.3 is 4.42 Å². The van der Waals surface area contributed by atoms with E-state index >= 15 is 0 Å². The highest BCUT2D eigenvalue weighted by Gasteiger charge is 2.09. The molecule has 0 fully saturated rings. The average Bonchev–Trinajstić information content (AvgIpc) is 2.98. The van der Waals surface area contributed by atoms with Crippen LogP contribution in [0.2, 0.25) is 5.02 Å². The number of hydrogen-bond acceptors (Lipinski definition) is 5. The number of amides is 1. The molecule has 0 aliphatic carbocycles. The monoisotopic (exact) mass is 363 g/mol. The maximum absolute atomic E-state index is 13.5. The van der Waals surface area contributed by atoms with Crippen molar-refractivity contribution in [2.75, 3.05) is 5.75 Å². The minimum atomic E-state index is -0.513. The van der Waals surface area contributed by atoms with E-state index in [9.17, 15) is 9.18 Å². The highest BCUT2D eigenvalue weighted by molar-refractivity contribution is 7.99. The molecule has 5 nitrogen and oxygen atoms in total. The van der Waals surface area contributed by atoms with Crippen LogP contribution in [-0.4, -0.2) is 22.9 Å². The first kappa shape index (κ1) is 16.5. The molecule has 0 aliphatic heterocycles. The summed E-state index contributed by atoms with van der Waals surface area (Å²) in [4.78, 5) is 16.0. The molecular formula is C16H11ClFN3O2S. The molecule has 8 heteroatoms. The third kappa shape index (κ3) is 3.93. The highest BCUT2D eigenvalue weighted by Crippen LogP contribution is 2.22. The first-order chi connectivity index (χ1) is 11.6. The molecule has 1 N–H and O–H groups in total. The zero-order valence-corrected chi connectivity index (χ0v) is 13.8. The number of para-hydroxylation sites is 2. The molecule has 0 spiro atoms. The van der Waals surface area contributed by atoms with Gasteiger partial charge in [0.25, 0.3) is 11.1 Å². The molecule has 1 aromatic heterocycles. The minimum absolute atomic E-state index is 0.0646. The van der Waals surface area contributed by atoms with Gasteiger partial charge in [-0.15, -0.1) is 0 Å². The van der Waals surface area contributed by atoms with Crippen LogP contribution >= 0.6 is 23.4 Å². The SMILES string of the molecule is O=C(CSc1nc2ccccc2o1)NN=Cc1c(F)cccc1Cl. The number of aromatic nitrogens is 1. The van der Waals surface area contributed by atoms with Crippen LogP contribution in [0.15, 0.2) is 57.2 Å². The lowest BCUT2D eigenvalue weighted by Gasteiger charge is -2.00. The number of halogens is 2. The number of carbonyl (C=O) groups excluding carboxylic acids is 1. The third-order valence-electron chi connectivity index (χ3n) is 2.98. The summed E-state index contributed by atoms with van der Waals surface area (Å²) in [5.41, 5.74) is 3.81. The van der Waals surface area contributed by atoms with Crippen molar-refractivity contribution in [3.8, 4) is 0 Å². The van der Waals surface area contributed by atoms with Gasteiger partial charge in [-0.3, -0.25) is 4.79 Å². The Morgan fingerprint density at radius 2 is 2.17 bits per heavy atom. The molecule has 0 atom stereocenters. The highest BCUT2D eigenvalue weighted by atomic mass is 35.5. The Balaban J connectivity index is 1.55. The van der Waals surface area contributed by atoms with Gasteiger partial charge >= 0.3 is 0 Å². The molecular weight excluding hydrogens is 353 g/mol. The van der Waals surface area contributed by atoms with Crippen LogP contribution in [0.4, 0.5) is 4.39 Å². The van der Waals surface area contributed by atoms with Gasteiger partial charge in [0.05, 0.1) is 17.0 Å². The van der Waals surface area contributed by atoms with Crippen LogP contribution in [0.1, 0.15) is 5.56 Å². The smallest absolute Gasteiger partial charge is 0.257 e. The number of rotatable bonds is 5. The summed E-state index contributed by atoms with van der Waals surface area (Å²) < 4.78 is 19.0. The minimum Gasteiger partial charge on any atom is -0.431 e. The number of nitrogens with zero attached hydrogens (tertiary/aromatic N) is 2. The summed E-state index contributed by atoms with van der Waals surface area (Å²) in [7, 11) is 0. The van der Waals surface area contributed by atoms with Crippen molar-refractivity contribution in [1.29, 1.82) is 0 Å². The molecule has 1 amide bonds. The fourth-order valence-corrected chi connectivity index (χ4v) is 2.72. The standard InChI is InChI=1S/C16H11ClFN3O2S/c17-11-4-3-5-12(18)10(11)8-19-21-15(22)9-24-16-20-13-6-1-2-7-14(13)23-16/h1-8H,9H2,(H,21,22). The van der Waals surface area contributed by atoms with Gasteiger partial charge in [0.2, 0.25) is 0 Å². The Morgan fingerprint density at radius 1 is 1.33 bits per heavy atom. The van der Waals surface area contributed by atoms with Crippen molar-refractivity contribution in [1.82, 2.24) is 10.4 Å². The molecule has 122 valence electrons. The first-order valence-electron chi connectivity index (χ1n) is 6.88. The Bertz CT molecular complexity index is 860. The number of fused-ring (bicyclic) bond motifs is 1. The number of hydrazone groups is 1. The largest absolute Gasteiger partial charge is 0.431 e. The van der Waals surface area contributed by atoms with Gasteiger partial charge in [-0.2, -0.15) is 5.10 Å². The summed E-state index contributed by atoms with van der Waals surface area (Å²) in [6.07, 6.45) is 1.17. The molecule has 0 aliphatic rings. The van der Waals surface area contributed by atoms with Crippen molar-refractivity contribution in [3.05, 3.63) is 58.9 Å². The van der Waals surface area contributed by atoms with E-state index in [2.05, 4.69) is 15.5 Å².